The number of carbonyl (C=O) groups excluding carboxylic acids is 1. The van der Waals surface area contributed by atoms with E-state index in [2.05, 4.69) is 0 Å². The maximum atomic E-state index is 11.6. The molecule has 0 N–H and O–H groups in total. The largest absolute Gasteiger partial charge is 0.458 e. The van der Waals surface area contributed by atoms with Gasteiger partial charge in [0.05, 0.1) is 5.56 Å². The molecule has 2 rings (SSSR count). The van der Waals surface area contributed by atoms with E-state index >= 15 is 0 Å². The second-order valence-electron chi connectivity index (χ2n) is 3.53. The van der Waals surface area contributed by atoms with Crippen LogP contribution < -0.4 is 0 Å². The molecule has 1 fully saturated rings. The Morgan fingerprint density at radius 1 is 1.47 bits per heavy atom. The second-order valence-corrected chi connectivity index (χ2v) is 4.72. The van der Waals surface area contributed by atoms with Gasteiger partial charge in [-0.15, -0.1) is 11.8 Å². The number of hydrogen-bond donors (Lipinski definition) is 0. The Balaban J connectivity index is 1.78. The first-order valence-electron chi connectivity index (χ1n) is 5.31. The van der Waals surface area contributed by atoms with Crippen molar-refractivity contribution < 1.29 is 19.0 Å². The van der Waals surface area contributed by atoms with Crippen LogP contribution in [0.4, 0.5) is 0 Å². The van der Waals surface area contributed by atoms with Gasteiger partial charge < -0.3 is 14.2 Å². The topological polar surface area (TPSA) is 44.8 Å². The molecule has 1 heterocycles. The first-order valence-corrected chi connectivity index (χ1v) is 6.36. The molecule has 1 aromatic rings. The van der Waals surface area contributed by atoms with E-state index in [9.17, 15) is 4.79 Å². The van der Waals surface area contributed by atoms with E-state index in [0.717, 1.165) is 5.75 Å². The van der Waals surface area contributed by atoms with Crippen LogP contribution in [-0.2, 0) is 14.2 Å². The number of thioether (sulfide) groups is 1. The fraction of sp³-hybridized carbons (Fsp3) is 0.417. The lowest BCUT2D eigenvalue weighted by Gasteiger charge is -2.11. The number of esters is 1. The number of ether oxygens (including phenoxy) is 3. The summed E-state index contributed by atoms with van der Waals surface area (Å²) in [6, 6.07) is 8.92. The molecule has 1 aliphatic rings. The van der Waals surface area contributed by atoms with Crippen LogP contribution in [-0.4, -0.2) is 37.2 Å². The third-order valence-corrected chi connectivity index (χ3v) is 3.43. The van der Waals surface area contributed by atoms with E-state index in [1.54, 1.807) is 43.1 Å². The Kier molecular flexibility index (Phi) is 4.42. The van der Waals surface area contributed by atoms with E-state index < -0.39 is 0 Å². The number of benzene rings is 1. The van der Waals surface area contributed by atoms with Gasteiger partial charge in [0.25, 0.3) is 0 Å². The standard InChI is InChI=1S/C12H14O4S/c1-14-10-8-17-11(16-10)7-15-12(13)9-5-3-2-4-6-9/h2-6,10-11H,7-8H2,1H3/t10?,11-/m1/s1. The molecule has 0 bridgehead atoms. The van der Waals surface area contributed by atoms with Gasteiger partial charge in [-0.3, -0.25) is 0 Å². The Bertz CT molecular complexity index is 368. The van der Waals surface area contributed by atoms with Crippen LogP contribution in [0.15, 0.2) is 30.3 Å². The Morgan fingerprint density at radius 2 is 2.24 bits per heavy atom. The highest BCUT2D eigenvalue weighted by Crippen LogP contribution is 2.25. The zero-order valence-electron chi connectivity index (χ0n) is 9.50. The van der Waals surface area contributed by atoms with Gasteiger partial charge in [-0.05, 0) is 12.1 Å². The van der Waals surface area contributed by atoms with Gasteiger partial charge in [-0.2, -0.15) is 0 Å². The van der Waals surface area contributed by atoms with Gasteiger partial charge in [0.2, 0.25) is 0 Å². The van der Waals surface area contributed by atoms with E-state index in [1.807, 2.05) is 6.07 Å². The lowest BCUT2D eigenvalue weighted by Crippen LogP contribution is -2.19. The molecule has 0 aliphatic carbocycles. The number of carbonyl (C=O) groups is 1. The summed E-state index contributed by atoms with van der Waals surface area (Å²) >= 11 is 1.59. The van der Waals surface area contributed by atoms with Crippen LogP contribution in [0.1, 0.15) is 10.4 Å². The number of methoxy groups -OCH3 is 1. The van der Waals surface area contributed by atoms with Crippen LogP contribution in [0.5, 0.6) is 0 Å². The summed E-state index contributed by atoms with van der Waals surface area (Å²) in [5.74, 6) is 0.444. The summed E-state index contributed by atoms with van der Waals surface area (Å²) in [4.78, 5) is 11.6. The summed E-state index contributed by atoms with van der Waals surface area (Å²) in [6.45, 7) is 0.248. The molecule has 0 amide bonds. The third-order valence-electron chi connectivity index (χ3n) is 2.34. The van der Waals surface area contributed by atoms with Crippen LogP contribution >= 0.6 is 11.8 Å². The van der Waals surface area contributed by atoms with Crippen LogP contribution in [0, 0.1) is 0 Å². The predicted octanol–water partition coefficient (Wildman–Crippen LogP) is 1.91. The summed E-state index contributed by atoms with van der Waals surface area (Å²) < 4.78 is 15.7. The van der Waals surface area contributed by atoms with Crippen molar-refractivity contribution >= 4 is 17.7 Å². The Labute approximate surface area is 104 Å². The first-order chi connectivity index (χ1) is 8.29. The molecular weight excluding hydrogens is 240 g/mol. The summed E-state index contributed by atoms with van der Waals surface area (Å²) in [5.41, 5.74) is 0.423. The second kappa shape index (κ2) is 6.05. The van der Waals surface area contributed by atoms with Gasteiger partial charge in [-0.25, -0.2) is 4.79 Å². The van der Waals surface area contributed by atoms with Gasteiger partial charge >= 0.3 is 5.97 Å². The number of rotatable bonds is 4. The van der Waals surface area contributed by atoms with Gasteiger partial charge in [0, 0.05) is 12.9 Å². The maximum absolute atomic E-state index is 11.6. The van der Waals surface area contributed by atoms with E-state index in [-0.39, 0.29) is 24.3 Å². The zero-order valence-corrected chi connectivity index (χ0v) is 10.3. The molecule has 1 aromatic carbocycles. The van der Waals surface area contributed by atoms with E-state index in [0.29, 0.717) is 5.56 Å². The van der Waals surface area contributed by atoms with Crippen molar-refractivity contribution in [2.24, 2.45) is 0 Å². The fourth-order valence-corrected chi connectivity index (χ4v) is 2.40. The average molecular weight is 254 g/mol. The minimum Gasteiger partial charge on any atom is -0.458 e. The summed E-state index contributed by atoms with van der Waals surface area (Å²) in [7, 11) is 1.60. The van der Waals surface area contributed by atoms with Crippen molar-refractivity contribution in [2.45, 2.75) is 11.7 Å². The van der Waals surface area contributed by atoms with Gasteiger partial charge in [0.15, 0.2) is 6.29 Å². The van der Waals surface area contributed by atoms with Crippen molar-refractivity contribution in [1.29, 1.82) is 0 Å². The van der Waals surface area contributed by atoms with Crippen molar-refractivity contribution in [3.63, 3.8) is 0 Å². The lowest BCUT2D eigenvalue weighted by atomic mass is 10.2. The number of hydrogen-bond acceptors (Lipinski definition) is 5. The molecule has 5 heteroatoms. The zero-order chi connectivity index (χ0) is 12.1. The van der Waals surface area contributed by atoms with Crippen LogP contribution in [0.3, 0.4) is 0 Å². The van der Waals surface area contributed by atoms with E-state index in [1.165, 1.54) is 0 Å². The van der Waals surface area contributed by atoms with Crippen molar-refractivity contribution in [1.82, 2.24) is 0 Å². The molecule has 1 saturated heterocycles. The molecule has 0 saturated carbocycles. The Morgan fingerprint density at radius 3 is 2.88 bits per heavy atom. The highest BCUT2D eigenvalue weighted by molar-refractivity contribution is 8.00. The maximum Gasteiger partial charge on any atom is 0.338 e. The van der Waals surface area contributed by atoms with Crippen molar-refractivity contribution in [3.05, 3.63) is 35.9 Å². The van der Waals surface area contributed by atoms with Crippen LogP contribution in [0.2, 0.25) is 0 Å². The molecule has 0 radical (unpaired) electrons. The lowest BCUT2D eigenvalue weighted by molar-refractivity contribution is -0.114. The SMILES string of the molecule is COC1CS[C@H](COC(=O)c2ccccc2)O1. The molecule has 0 aromatic heterocycles. The fourth-order valence-electron chi connectivity index (χ4n) is 1.45. The predicted molar refractivity (Wildman–Crippen MR) is 64.9 cm³/mol. The summed E-state index contributed by atoms with van der Waals surface area (Å²) in [6.07, 6.45) is -0.194. The van der Waals surface area contributed by atoms with Crippen molar-refractivity contribution in [3.8, 4) is 0 Å². The molecule has 0 spiro atoms. The Hall–Kier alpha value is -1.04. The van der Waals surface area contributed by atoms with Gasteiger partial charge in [-0.1, -0.05) is 18.2 Å². The minimum atomic E-state index is -0.323. The highest BCUT2D eigenvalue weighted by atomic mass is 32.2. The molecule has 17 heavy (non-hydrogen) atoms. The molecule has 92 valence electrons. The molecular formula is C12H14O4S. The molecule has 2 atom stereocenters. The van der Waals surface area contributed by atoms with Crippen molar-refractivity contribution in [2.75, 3.05) is 19.5 Å². The molecule has 1 unspecified atom stereocenters. The average Bonchev–Trinajstić information content (AvgIpc) is 2.85. The summed E-state index contributed by atoms with van der Waals surface area (Å²) in [5, 5.41) is 0. The third kappa shape index (κ3) is 3.46. The molecule has 1 aliphatic heterocycles. The smallest absolute Gasteiger partial charge is 0.338 e. The molecule has 4 nitrogen and oxygen atoms in total. The van der Waals surface area contributed by atoms with E-state index in [4.69, 9.17) is 14.2 Å². The minimum absolute atomic E-state index is 0.132. The first kappa shape index (κ1) is 12.4. The van der Waals surface area contributed by atoms with Crippen LogP contribution in [0.25, 0.3) is 0 Å². The normalized spacial score (nSPS) is 23.6. The monoisotopic (exact) mass is 254 g/mol. The highest BCUT2D eigenvalue weighted by Gasteiger charge is 2.26. The quantitative estimate of drug-likeness (QED) is 0.768. The van der Waals surface area contributed by atoms with Gasteiger partial charge in [0.1, 0.15) is 12.0 Å².